The van der Waals surface area contributed by atoms with Crippen molar-refractivity contribution in [2.75, 3.05) is 0 Å². The van der Waals surface area contributed by atoms with Gasteiger partial charge in [0.15, 0.2) is 0 Å². The molecule has 0 radical (unpaired) electrons. The Kier molecular flexibility index (Phi) is 6.73. The maximum Gasteiger partial charge on any atom is 0.136 e. The third-order valence-corrected chi connectivity index (χ3v) is 14.5. The van der Waals surface area contributed by atoms with Gasteiger partial charge in [-0.2, -0.15) is 0 Å². The lowest BCUT2D eigenvalue weighted by atomic mass is 9.81. The molecule has 0 N–H and O–H groups in total. The van der Waals surface area contributed by atoms with Gasteiger partial charge in [-0.25, -0.2) is 0 Å². The Balaban J connectivity index is 0.984. The molecule has 1 aliphatic carbocycles. The third-order valence-electron chi connectivity index (χ3n) is 13.3. The lowest BCUT2D eigenvalue weighted by Gasteiger charge is -2.22. The molecule has 59 heavy (non-hydrogen) atoms. The Morgan fingerprint density at radius 2 is 0.932 bits per heavy atom. The Bertz CT molecular complexity index is 3690. The maximum absolute atomic E-state index is 6.72. The molecule has 10 aromatic carbocycles. The molecule has 0 spiro atoms. The SMILES string of the molecule is CC1(C)c2ccccc2-c2cc(-c3c4ccccc4c(-c4ccc(-c5cc6oc7ccc8c9ccccc9sc8c7c6c6ccccc56)cc4)c4ccccc34)ccc21. The fourth-order valence-corrected chi connectivity index (χ4v) is 11.8. The van der Waals surface area contributed by atoms with Gasteiger partial charge in [0.2, 0.25) is 0 Å². The van der Waals surface area contributed by atoms with Crippen LogP contribution < -0.4 is 0 Å². The van der Waals surface area contributed by atoms with E-state index in [1.165, 1.54) is 119 Å². The van der Waals surface area contributed by atoms with Crippen LogP contribution in [-0.4, -0.2) is 0 Å². The maximum atomic E-state index is 6.72. The molecule has 2 aromatic heterocycles. The second-order valence-electron chi connectivity index (χ2n) is 16.7. The molecule has 1 nitrogen and oxygen atoms in total. The van der Waals surface area contributed by atoms with Gasteiger partial charge >= 0.3 is 0 Å². The summed E-state index contributed by atoms with van der Waals surface area (Å²) in [5.74, 6) is 0. The number of rotatable bonds is 3. The van der Waals surface area contributed by atoms with E-state index in [1.807, 2.05) is 11.3 Å². The molecule has 1 aliphatic rings. The van der Waals surface area contributed by atoms with Crippen molar-refractivity contribution in [2.24, 2.45) is 0 Å². The first-order valence-corrected chi connectivity index (χ1v) is 21.3. The van der Waals surface area contributed by atoms with E-state index in [1.54, 1.807) is 0 Å². The standard InChI is InChI=1S/C57H36OS/c1-57(2)47-21-11-9-14-37(47)46-31-35(27-29-48(46)57)53-42-19-7-5-17-40(42)52(41-18-6-8-20-43(41)53)34-25-23-33(24-26-34)45-32-50-54(39-16-4-3-13-36(39)45)55-49(58-50)30-28-44-38-15-10-12-22-51(38)59-56(44)55/h3-32H,1-2H3. The molecular weight excluding hydrogens is 733 g/mol. The highest BCUT2D eigenvalue weighted by molar-refractivity contribution is 7.26. The summed E-state index contributed by atoms with van der Waals surface area (Å²) in [4.78, 5) is 0. The van der Waals surface area contributed by atoms with Crippen molar-refractivity contribution in [1.82, 2.24) is 0 Å². The van der Waals surface area contributed by atoms with Crippen molar-refractivity contribution in [2.45, 2.75) is 19.3 Å². The zero-order chi connectivity index (χ0) is 39.0. The Hall–Kier alpha value is -7.00. The molecule has 13 rings (SSSR count). The Morgan fingerprint density at radius 3 is 1.66 bits per heavy atom. The minimum absolute atomic E-state index is 0.0267. The van der Waals surface area contributed by atoms with Crippen LogP contribution in [0.3, 0.4) is 0 Å². The average Bonchev–Trinajstić information content (AvgIpc) is 3.93. The van der Waals surface area contributed by atoms with Crippen LogP contribution in [0.15, 0.2) is 186 Å². The highest BCUT2D eigenvalue weighted by Gasteiger charge is 2.35. The van der Waals surface area contributed by atoms with Gasteiger partial charge in [0.1, 0.15) is 11.2 Å². The quantitative estimate of drug-likeness (QED) is 0.163. The normalized spacial score (nSPS) is 13.4. The summed E-state index contributed by atoms with van der Waals surface area (Å²) >= 11 is 1.86. The van der Waals surface area contributed by atoms with Crippen molar-refractivity contribution in [3.05, 3.63) is 193 Å². The second-order valence-corrected chi connectivity index (χ2v) is 17.8. The second kappa shape index (κ2) is 12.0. The molecule has 0 unspecified atom stereocenters. The van der Waals surface area contributed by atoms with Gasteiger partial charge < -0.3 is 4.42 Å². The van der Waals surface area contributed by atoms with Gasteiger partial charge in [-0.05, 0) is 118 Å². The van der Waals surface area contributed by atoms with Crippen LogP contribution in [-0.2, 0) is 5.41 Å². The van der Waals surface area contributed by atoms with Gasteiger partial charge in [-0.3, -0.25) is 0 Å². The third kappa shape index (κ3) is 4.55. The van der Waals surface area contributed by atoms with Crippen molar-refractivity contribution in [3.8, 4) is 44.5 Å². The van der Waals surface area contributed by atoms with E-state index in [2.05, 4.69) is 196 Å². The highest BCUT2D eigenvalue weighted by Crippen LogP contribution is 2.52. The summed E-state index contributed by atoms with van der Waals surface area (Å²) in [6, 6.07) is 67.5. The summed E-state index contributed by atoms with van der Waals surface area (Å²) in [6.07, 6.45) is 0. The first-order chi connectivity index (χ1) is 29.0. The number of benzene rings is 10. The molecule has 0 saturated heterocycles. The molecule has 0 amide bonds. The van der Waals surface area contributed by atoms with Crippen LogP contribution in [0.5, 0.6) is 0 Å². The largest absolute Gasteiger partial charge is 0.456 e. The fraction of sp³-hybridized carbons (Fsp3) is 0.0526. The van der Waals surface area contributed by atoms with Crippen LogP contribution in [0.25, 0.3) is 119 Å². The summed E-state index contributed by atoms with van der Waals surface area (Å²) in [6.45, 7) is 4.70. The first-order valence-electron chi connectivity index (χ1n) is 20.5. The van der Waals surface area contributed by atoms with Crippen molar-refractivity contribution in [1.29, 1.82) is 0 Å². The predicted molar refractivity (Wildman–Crippen MR) is 253 cm³/mol. The zero-order valence-electron chi connectivity index (χ0n) is 32.6. The van der Waals surface area contributed by atoms with E-state index in [-0.39, 0.29) is 5.41 Å². The average molecular weight is 769 g/mol. The summed E-state index contributed by atoms with van der Waals surface area (Å²) in [5.41, 5.74) is 14.7. The smallest absolute Gasteiger partial charge is 0.136 e. The molecule has 0 fully saturated rings. The monoisotopic (exact) mass is 768 g/mol. The van der Waals surface area contributed by atoms with E-state index in [0.717, 1.165) is 11.2 Å². The summed E-state index contributed by atoms with van der Waals surface area (Å²) in [5, 5.41) is 12.5. The van der Waals surface area contributed by atoms with E-state index in [4.69, 9.17) is 4.42 Å². The number of hydrogen-bond donors (Lipinski definition) is 0. The van der Waals surface area contributed by atoms with Crippen LogP contribution in [0.4, 0.5) is 0 Å². The lowest BCUT2D eigenvalue weighted by Crippen LogP contribution is -2.14. The summed E-state index contributed by atoms with van der Waals surface area (Å²) in [7, 11) is 0. The number of furan rings is 1. The van der Waals surface area contributed by atoms with Crippen LogP contribution in [0, 0.1) is 0 Å². The Labute approximate surface area is 345 Å². The molecule has 2 heteroatoms. The summed E-state index contributed by atoms with van der Waals surface area (Å²) < 4.78 is 9.32. The van der Waals surface area contributed by atoms with E-state index < -0.39 is 0 Å². The van der Waals surface area contributed by atoms with Crippen molar-refractivity contribution in [3.63, 3.8) is 0 Å². The van der Waals surface area contributed by atoms with Gasteiger partial charge in [-0.15, -0.1) is 11.3 Å². The topological polar surface area (TPSA) is 13.1 Å². The number of thiophene rings is 1. The molecule has 0 saturated carbocycles. The molecule has 0 atom stereocenters. The molecule has 0 aliphatic heterocycles. The molecule has 2 heterocycles. The minimum atomic E-state index is -0.0267. The molecule has 12 aromatic rings. The first kappa shape index (κ1) is 33.0. The van der Waals surface area contributed by atoms with Crippen molar-refractivity contribution >= 4 is 85.8 Å². The number of fused-ring (bicyclic) bond motifs is 14. The molecular formula is C57H36OS. The van der Waals surface area contributed by atoms with E-state index >= 15 is 0 Å². The van der Waals surface area contributed by atoms with Gasteiger partial charge in [0.25, 0.3) is 0 Å². The van der Waals surface area contributed by atoms with Crippen LogP contribution in [0.1, 0.15) is 25.0 Å². The molecule has 0 bridgehead atoms. The fourth-order valence-electron chi connectivity index (χ4n) is 10.6. The minimum Gasteiger partial charge on any atom is -0.456 e. The Morgan fingerprint density at radius 1 is 0.373 bits per heavy atom. The van der Waals surface area contributed by atoms with Gasteiger partial charge in [0.05, 0.1) is 0 Å². The van der Waals surface area contributed by atoms with E-state index in [9.17, 15) is 0 Å². The molecule has 276 valence electrons. The van der Waals surface area contributed by atoms with Gasteiger partial charge in [0, 0.05) is 36.4 Å². The highest BCUT2D eigenvalue weighted by atomic mass is 32.1. The van der Waals surface area contributed by atoms with Crippen LogP contribution >= 0.6 is 11.3 Å². The van der Waals surface area contributed by atoms with Crippen molar-refractivity contribution < 1.29 is 4.42 Å². The van der Waals surface area contributed by atoms with Crippen LogP contribution in [0.2, 0.25) is 0 Å². The van der Waals surface area contributed by atoms with Gasteiger partial charge in [-0.1, -0.05) is 166 Å². The zero-order valence-corrected chi connectivity index (χ0v) is 33.5. The van der Waals surface area contributed by atoms with E-state index in [0.29, 0.717) is 0 Å². The number of hydrogen-bond acceptors (Lipinski definition) is 2. The lowest BCUT2D eigenvalue weighted by molar-refractivity contribution is 0.660. The predicted octanol–water partition coefficient (Wildman–Crippen LogP) is 16.7.